The van der Waals surface area contributed by atoms with Crippen LogP contribution in [0.4, 0.5) is 0 Å². The lowest BCUT2D eigenvalue weighted by Gasteiger charge is -2.32. The van der Waals surface area contributed by atoms with Gasteiger partial charge in [0, 0.05) is 18.7 Å². The van der Waals surface area contributed by atoms with Crippen molar-refractivity contribution >= 4 is 27.5 Å². The number of aliphatic hydroxyl groups is 1. The first-order valence-corrected chi connectivity index (χ1v) is 7.01. The summed E-state index contributed by atoms with van der Waals surface area (Å²) >= 11 is 1.52. The van der Waals surface area contributed by atoms with Gasteiger partial charge in [0.25, 0.3) is 5.91 Å². The molecule has 1 N–H and O–H groups in total. The van der Waals surface area contributed by atoms with Gasteiger partial charge < -0.3 is 14.7 Å². The number of hydrogen-bond donors (Lipinski definition) is 1. The molecule has 100 valence electrons. The zero-order valence-corrected chi connectivity index (χ0v) is 11.1. The summed E-state index contributed by atoms with van der Waals surface area (Å²) in [6.07, 6.45) is -0.273. The third-order valence-electron chi connectivity index (χ3n) is 3.21. The quantitative estimate of drug-likeness (QED) is 0.894. The normalized spacial score (nSPS) is 19.8. The first kappa shape index (κ1) is 12.5. The third-order valence-corrected chi connectivity index (χ3v) is 4.00. The number of aromatic nitrogens is 1. The number of hydrogen-bond acceptors (Lipinski definition) is 5. The van der Waals surface area contributed by atoms with Gasteiger partial charge in [0.1, 0.15) is 0 Å². The van der Waals surface area contributed by atoms with Crippen LogP contribution in [-0.4, -0.2) is 53.3 Å². The Bertz CT molecular complexity index is 598. The van der Waals surface area contributed by atoms with Gasteiger partial charge in [0.05, 0.1) is 35.0 Å². The largest absolute Gasteiger partial charge is 0.394 e. The second-order valence-corrected chi connectivity index (χ2v) is 5.35. The summed E-state index contributed by atoms with van der Waals surface area (Å²) in [6, 6.07) is 5.54. The number of carbonyl (C=O) groups is 1. The highest BCUT2D eigenvalue weighted by Gasteiger charge is 2.24. The van der Waals surface area contributed by atoms with E-state index in [1.54, 1.807) is 16.5 Å². The average molecular weight is 278 g/mol. The standard InChI is InChI=1S/C13H14N2O3S/c16-7-10-6-15(3-4-18-10)13(17)9-1-2-11-12(5-9)19-8-14-11/h1-2,5,8,10,16H,3-4,6-7H2. The van der Waals surface area contributed by atoms with E-state index in [9.17, 15) is 4.79 Å². The van der Waals surface area contributed by atoms with E-state index in [0.717, 1.165) is 10.2 Å². The molecule has 0 saturated carbocycles. The first-order chi connectivity index (χ1) is 9.28. The van der Waals surface area contributed by atoms with Gasteiger partial charge in [-0.25, -0.2) is 4.98 Å². The van der Waals surface area contributed by atoms with Crippen LogP contribution in [-0.2, 0) is 4.74 Å². The zero-order valence-electron chi connectivity index (χ0n) is 10.3. The number of nitrogens with zero attached hydrogens (tertiary/aromatic N) is 2. The Balaban J connectivity index is 1.82. The minimum atomic E-state index is -0.273. The topological polar surface area (TPSA) is 62.7 Å². The minimum absolute atomic E-state index is 0.0166. The van der Waals surface area contributed by atoms with Gasteiger partial charge >= 0.3 is 0 Å². The van der Waals surface area contributed by atoms with Crippen molar-refractivity contribution in [2.75, 3.05) is 26.3 Å². The first-order valence-electron chi connectivity index (χ1n) is 6.13. The molecule has 1 aliphatic heterocycles. The van der Waals surface area contributed by atoms with E-state index in [1.165, 1.54) is 11.3 Å². The number of fused-ring (bicyclic) bond motifs is 1. The second kappa shape index (κ2) is 5.24. The SMILES string of the molecule is O=C(c1ccc2ncsc2c1)N1CCOC(CO)C1. The van der Waals surface area contributed by atoms with Crippen LogP contribution in [0.3, 0.4) is 0 Å². The van der Waals surface area contributed by atoms with E-state index < -0.39 is 0 Å². The van der Waals surface area contributed by atoms with E-state index in [-0.39, 0.29) is 18.6 Å². The highest BCUT2D eigenvalue weighted by atomic mass is 32.1. The molecule has 1 aromatic heterocycles. The predicted molar refractivity (Wildman–Crippen MR) is 72.3 cm³/mol. The van der Waals surface area contributed by atoms with Gasteiger partial charge in [-0.3, -0.25) is 4.79 Å². The Kier molecular flexibility index (Phi) is 3.46. The second-order valence-electron chi connectivity index (χ2n) is 4.46. The Morgan fingerprint density at radius 2 is 2.47 bits per heavy atom. The summed E-state index contributed by atoms with van der Waals surface area (Å²) in [5.41, 5.74) is 3.35. The smallest absolute Gasteiger partial charge is 0.254 e. The Labute approximate surface area is 114 Å². The van der Waals surface area contributed by atoms with Gasteiger partial charge in [-0.2, -0.15) is 0 Å². The van der Waals surface area contributed by atoms with Gasteiger partial charge in [0.2, 0.25) is 0 Å². The van der Waals surface area contributed by atoms with Crippen LogP contribution in [0.1, 0.15) is 10.4 Å². The van der Waals surface area contributed by atoms with Gasteiger partial charge in [-0.15, -0.1) is 11.3 Å². The number of aliphatic hydroxyl groups excluding tert-OH is 1. The van der Waals surface area contributed by atoms with Crippen molar-refractivity contribution in [3.05, 3.63) is 29.3 Å². The number of carbonyl (C=O) groups excluding carboxylic acids is 1. The maximum absolute atomic E-state index is 12.4. The molecule has 0 spiro atoms. The molecule has 1 aromatic carbocycles. The number of morpholine rings is 1. The van der Waals surface area contributed by atoms with Crippen LogP contribution >= 0.6 is 11.3 Å². The van der Waals surface area contributed by atoms with Crippen molar-refractivity contribution in [2.45, 2.75) is 6.10 Å². The van der Waals surface area contributed by atoms with Gasteiger partial charge in [-0.05, 0) is 18.2 Å². The Morgan fingerprint density at radius 3 is 3.32 bits per heavy atom. The number of benzene rings is 1. The molecular formula is C13H14N2O3S. The van der Waals surface area contributed by atoms with Crippen LogP contribution in [0.2, 0.25) is 0 Å². The van der Waals surface area contributed by atoms with E-state index >= 15 is 0 Å². The summed E-state index contributed by atoms with van der Waals surface area (Å²) in [5.74, 6) is -0.0166. The molecule has 1 aliphatic rings. The molecule has 1 atom stereocenters. The molecule has 19 heavy (non-hydrogen) atoms. The number of amides is 1. The van der Waals surface area contributed by atoms with Crippen molar-refractivity contribution in [3.63, 3.8) is 0 Å². The average Bonchev–Trinajstić information content (AvgIpc) is 2.94. The molecular weight excluding hydrogens is 264 g/mol. The van der Waals surface area contributed by atoms with Crippen LogP contribution < -0.4 is 0 Å². The van der Waals surface area contributed by atoms with E-state index in [4.69, 9.17) is 9.84 Å². The molecule has 0 bridgehead atoms. The number of ether oxygens (including phenoxy) is 1. The maximum Gasteiger partial charge on any atom is 0.254 e. The molecule has 2 aromatic rings. The Hall–Kier alpha value is -1.50. The molecule has 2 heterocycles. The molecule has 3 rings (SSSR count). The molecule has 0 aliphatic carbocycles. The van der Waals surface area contributed by atoms with Gasteiger partial charge in [-0.1, -0.05) is 0 Å². The molecule has 1 amide bonds. The van der Waals surface area contributed by atoms with E-state index in [0.29, 0.717) is 25.3 Å². The van der Waals surface area contributed by atoms with E-state index in [1.807, 2.05) is 12.1 Å². The maximum atomic E-state index is 12.4. The van der Waals surface area contributed by atoms with Gasteiger partial charge in [0.15, 0.2) is 0 Å². The highest BCUT2D eigenvalue weighted by molar-refractivity contribution is 7.16. The molecule has 1 unspecified atom stereocenters. The zero-order chi connectivity index (χ0) is 13.2. The number of thiazole rings is 1. The summed E-state index contributed by atoms with van der Waals surface area (Å²) in [5, 5.41) is 9.11. The lowest BCUT2D eigenvalue weighted by molar-refractivity contribution is -0.0447. The van der Waals surface area contributed by atoms with Crippen molar-refractivity contribution < 1.29 is 14.6 Å². The van der Waals surface area contributed by atoms with Crippen molar-refractivity contribution in [1.29, 1.82) is 0 Å². The predicted octanol–water partition coefficient (Wildman–Crippen LogP) is 1.13. The lowest BCUT2D eigenvalue weighted by Crippen LogP contribution is -2.46. The molecule has 1 fully saturated rings. The fraction of sp³-hybridized carbons (Fsp3) is 0.385. The minimum Gasteiger partial charge on any atom is -0.394 e. The number of rotatable bonds is 2. The molecule has 1 saturated heterocycles. The molecule has 5 nitrogen and oxygen atoms in total. The van der Waals surface area contributed by atoms with Crippen LogP contribution in [0.5, 0.6) is 0 Å². The molecule has 6 heteroatoms. The van der Waals surface area contributed by atoms with Crippen LogP contribution in [0, 0.1) is 0 Å². The lowest BCUT2D eigenvalue weighted by atomic mass is 10.1. The van der Waals surface area contributed by atoms with Crippen LogP contribution in [0.15, 0.2) is 23.7 Å². The molecule has 0 radical (unpaired) electrons. The van der Waals surface area contributed by atoms with Crippen molar-refractivity contribution in [2.24, 2.45) is 0 Å². The van der Waals surface area contributed by atoms with E-state index in [2.05, 4.69) is 4.98 Å². The Morgan fingerprint density at radius 1 is 1.58 bits per heavy atom. The summed E-state index contributed by atoms with van der Waals surface area (Å²) in [4.78, 5) is 18.3. The summed E-state index contributed by atoms with van der Waals surface area (Å²) in [7, 11) is 0. The fourth-order valence-electron chi connectivity index (χ4n) is 2.18. The fourth-order valence-corrected chi connectivity index (χ4v) is 2.90. The summed E-state index contributed by atoms with van der Waals surface area (Å²) in [6.45, 7) is 1.42. The monoisotopic (exact) mass is 278 g/mol. The third kappa shape index (κ3) is 2.47. The highest BCUT2D eigenvalue weighted by Crippen LogP contribution is 2.20. The van der Waals surface area contributed by atoms with Crippen molar-refractivity contribution in [1.82, 2.24) is 9.88 Å². The van der Waals surface area contributed by atoms with Crippen molar-refractivity contribution in [3.8, 4) is 0 Å². The summed E-state index contributed by atoms with van der Waals surface area (Å²) < 4.78 is 6.36. The van der Waals surface area contributed by atoms with Crippen LogP contribution in [0.25, 0.3) is 10.2 Å².